The number of pyridine rings is 1. The predicted molar refractivity (Wildman–Crippen MR) is 377 cm³/mol. The van der Waals surface area contributed by atoms with Crippen molar-refractivity contribution in [1.29, 1.82) is 5.26 Å². The number of nitriles is 1. The SMILES string of the molecule is C=C(c1ccc(-c2cnc(C)c(-c3nnc(-c4cccc(CNC(=O)OC(C)(C)C)c4)o3)n2)cc1)N(C)C.Cc1ncc(-c2ccc(NCCN3CCOCC3)nc2)nc1-c1nnc(-c2ccccc2)o1.Cc1ncc(-c2ccccc2C#N)nc1-c1nnc(-c2ccccc2)o1.[HH].[HH].[HH].[HH].[HH]. The molecule has 0 saturated carbocycles. The summed E-state index contributed by atoms with van der Waals surface area (Å²) in [6.07, 6.45) is 6.42. The standard InChI is InChI=1S/C29H32N6O3.C24H25N7O2.C20H13N5O.5H2/c1-18-25(32-24(17-30-18)22-13-11-21(12-14-22)19(2)35(6)7)27-34-33-26(37-27)23-10-8-9-20(15-23)16-31-28(36)38-29(3,4)5;1-17-22(24-30-29-23(33-24)18-5-3-2-4-6-18)28-20(16-26-17)19-7-8-21(27-15-19)25-9-10-31-11-13-32-14-12-31;1-13-18(20-25-24-19(26-20)14-7-3-2-4-8-14)23-17(12-22-13)16-10-6-5-9-15(16)11-21;;;;;/h8-15,17H,2,16H2,1,3-7H3,(H,31,36);2-8,15-16H,9-14H2,1H3,(H,25,27);2-10,12H,1H3;5*1H. The maximum absolute atomic E-state index is 12.0. The smallest absolute Gasteiger partial charge is 0.407 e. The molecule has 13 rings (SSSR count). The van der Waals surface area contributed by atoms with E-state index in [1.54, 1.807) is 30.9 Å². The van der Waals surface area contributed by atoms with E-state index in [4.69, 9.17) is 32.7 Å². The van der Waals surface area contributed by atoms with Crippen LogP contribution in [-0.4, -0.2) is 140 Å². The summed E-state index contributed by atoms with van der Waals surface area (Å²) in [5.74, 6) is 2.96. The minimum absolute atomic E-state index is 0. The second-order valence-electron chi connectivity index (χ2n) is 23.5. The zero-order valence-electron chi connectivity index (χ0n) is 54.9. The van der Waals surface area contributed by atoms with Crippen LogP contribution in [0, 0.1) is 32.1 Å². The fraction of sp³-hybridized carbons (Fsp3) is 0.219. The lowest BCUT2D eigenvalue weighted by Gasteiger charge is -2.26. The second-order valence-corrected chi connectivity index (χ2v) is 23.5. The number of amides is 1. The molecule has 1 fully saturated rings. The van der Waals surface area contributed by atoms with Crippen molar-refractivity contribution >= 4 is 17.6 Å². The largest absolute Gasteiger partial charge is 0.444 e. The van der Waals surface area contributed by atoms with Crippen LogP contribution in [0.1, 0.15) is 61.7 Å². The van der Waals surface area contributed by atoms with E-state index < -0.39 is 11.7 Å². The normalized spacial score (nSPS) is 12.1. The van der Waals surface area contributed by atoms with Gasteiger partial charge in [0.2, 0.25) is 17.7 Å². The number of morpholine rings is 1. The molecule has 0 spiro atoms. The number of benzene rings is 5. The number of nitrogens with one attached hydrogen (secondary N) is 2. The van der Waals surface area contributed by atoms with Crippen molar-refractivity contribution in [3.05, 3.63) is 211 Å². The molecule has 8 heterocycles. The maximum Gasteiger partial charge on any atom is 0.407 e. The Morgan fingerprint density at radius 3 is 1.62 bits per heavy atom. The Hall–Kier alpha value is -12.1. The Kier molecular flexibility index (Phi) is 21.1. The van der Waals surface area contributed by atoms with Gasteiger partial charge in [0, 0.05) is 99.2 Å². The van der Waals surface area contributed by atoms with Gasteiger partial charge in [-0.2, -0.15) is 5.26 Å². The van der Waals surface area contributed by atoms with Gasteiger partial charge in [0.05, 0.1) is 77.6 Å². The number of aryl methyl sites for hydroxylation is 3. The molecule has 1 amide bonds. The summed E-state index contributed by atoms with van der Waals surface area (Å²) in [4.78, 5) is 48.4. The van der Waals surface area contributed by atoms with Gasteiger partial charge in [-0.15, -0.1) is 30.6 Å². The molecule has 498 valence electrons. The Bertz CT molecular complexity index is 4720. The van der Waals surface area contributed by atoms with E-state index in [1.165, 1.54) is 0 Å². The highest BCUT2D eigenvalue weighted by Crippen LogP contribution is 2.32. The molecule has 1 aliphatic rings. The van der Waals surface area contributed by atoms with Gasteiger partial charge in [0.15, 0.2) is 0 Å². The second kappa shape index (κ2) is 30.8. The molecule has 5 aromatic carbocycles. The lowest BCUT2D eigenvalue weighted by Crippen LogP contribution is -2.39. The fourth-order valence-corrected chi connectivity index (χ4v) is 9.85. The quantitative estimate of drug-likeness (QED) is 0.0856. The molecule has 12 aromatic rings. The summed E-state index contributed by atoms with van der Waals surface area (Å²) in [6.45, 7) is 20.8. The zero-order valence-corrected chi connectivity index (χ0v) is 54.9. The van der Waals surface area contributed by atoms with E-state index in [1.807, 2.05) is 200 Å². The molecule has 1 saturated heterocycles. The van der Waals surface area contributed by atoms with Gasteiger partial charge in [-0.25, -0.2) is 24.7 Å². The number of anilines is 1. The van der Waals surface area contributed by atoms with Crippen molar-refractivity contribution in [2.24, 2.45) is 0 Å². The number of nitrogens with zero attached hydrogens (tertiary/aromatic N) is 16. The van der Waals surface area contributed by atoms with E-state index >= 15 is 0 Å². The van der Waals surface area contributed by atoms with Crippen molar-refractivity contribution in [3.63, 3.8) is 0 Å². The van der Waals surface area contributed by atoms with Crippen molar-refractivity contribution < 1.29 is 34.7 Å². The Labute approximate surface area is 568 Å². The first-order valence-electron chi connectivity index (χ1n) is 31.2. The predicted octanol–water partition coefficient (Wildman–Crippen LogP) is 14.3. The van der Waals surface area contributed by atoms with E-state index in [9.17, 15) is 10.1 Å². The third-order valence-electron chi connectivity index (χ3n) is 15.1. The van der Waals surface area contributed by atoms with E-state index in [0.717, 1.165) is 95.5 Å². The molecule has 0 atom stereocenters. The molecule has 0 unspecified atom stereocenters. The third-order valence-corrected chi connectivity index (χ3v) is 15.1. The summed E-state index contributed by atoms with van der Waals surface area (Å²) in [7, 11) is 3.92. The molecule has 0 radical (unpaired) electrons. The average Bonchev–Trinajstić information content (AvgIpc) is 1.40. The molecule has 24 heteroatoms. The average molecular weight is 1310 g/mol. The van der Waals surface area contributed by atoms with E-state index in [0.29, 0.717) is 92.7 Å². The molecule has 97 heavy (non-hydrogen) atoms. The highest BCUT2D eigenvalue weighted by molar-refractivity contribution is 5.71. The zero-order chi connectivity index (χ0) is 67.8. The summed E-state index contributed by atoms with van der Waals surface area (Å²) in [5.41, 5.74) is 13.4. The van der Waals surface area contributed by atoms with Gasteiger partial charge < -0.3 is 38.3 Å². The number of aromatic nitrogens is 13. The van der Waals surface area contributed by atoms with Crippen LogP contribution in [-0.2, 0) is 16.0 Å². The summed E-state index contributed by atoms with van der Waals surface area (Å²) in [6, 6.07) is 48.1. The van der Waals surface area contributed by atoms with Crippen LogP contribution in [0.15, 0.2) is 190 Å². The number of carbonyl (C=O) groups is 1. The van der Waals surface area contributed by atoms with Crippen molar-refractivity contribution in [2.45, 2.75) is 53.7 Å². The van der Waals surface area contributed by atoms with Crippen molar-refractivity contribution in [1.82, 2.24) is 80.6 Å². The molecule has 1 aliphatic heterocycles. The molecular weight excluding hydrogens is 1220 g/mol. The van der Waals surface area contributed by atoms with Crippen LogP contribution in [0.4, 0.5) is 10.6 Å². The first-order valence-corrected chi connectivity index (χ1v) is 31.2. The molecule has 0 bridgehead atoms. The molecule has 7 aromatic heterocycles. The first-order chi connectivity index (χ1) is 47.0. The number of ether oxygens (including phenoxy) is 2. The van der Waals surface area contributed by atoms with E-state index in [2.05, 4.69) is 83.7 Å². The van der Waals surface area contributed by atoms with Gasteiger partial charge in [0.25, 0.3) is 17.7 Å². The van der Waals surface area contributed by atoms with Crippen LogP contribution < -0.4 is 10.6 Å². The Balaban J connectivity index is 0.000000238. The summed E-state index contributed by atoms with van der Waals surface area (Å²) < 4.78 is 28.4. The lowest BCUT2D eigenvalue weighted by molar-refractivity contribution is 0.0398. The molecular formula is C73H80N18O6. The highest BCUT2D eigenvalue weighted by atomic mass is 16.6. The van der Waals surface area contributed by atoms with Gasteiger partial charge in [-0.1, -0.05) is 97.6 Å². The minimum atomic E-state index is -0.560. The number of hydrogen-bond donors (Lipinski definition) is 2. The molecule has 24 nitrogen and oxygen atoms in total. The minimum Gasteiger partial charge on any atom is -0.444 e. The first kappa shape index (κ1) is 66.4. The van der Waals surface area contributed by atoms with Crippen LogP contribution in [0.3, 0.4) is 0 Å². The highest BCUT2D eigenvalue weighted by Gasteiger charge is 2.22. The topological polar surface area (TPSA) is 297 Å². The Morgan fingerprint density at radius 1 is 0.588 bits per heavy atom. The van der Waals surface area contributed by atoms with Crippen LogP contribution in [0.2, 0.25) is 0 Å². The number of carbonyl (C=O) groups excluding carboxylic acids is 1. The van der Waals surface area contributed by atoms with Gasteiger partial charge in [-0.3, -0.25) is 19.9 Å². The van der Waals surface area contributed by atoms with Crippen LogP contribution >= 0.6 is 0 Å². The molecule has 2 N–H and O–H groups in total. The number of alkyl carbamates (subject to hydrolysis) is 1. The van der Waals surface area contributed by atoms with Gasteiger partial charge in [-0.05, 0) is 107 Å². The maximum atomic E-state index is 12.0. The summed E-state index contributed by atoms with van der Waals surface area (Å²) >= 11 is 0. The van der Waals surface area contributed by atoms with Crippen molar-refractivity contribution in [2.75, 3.05) is 58.8 Å². The van der Waals surface area contributed by atoms with Crippen LogP contribution in [0.25, 0.3) is 109 Å². The third kappa shape index (κ3) is 17.2. The van der Waals surface area contributed by atoms with Crippen LogP contribution in [0.5, 0.6) is 0 Å². The lowest BCUT2D eigenvalue weighted by atomic mass is 10.1. The Morgan fingerprint density at radius 2 is 1.08 bits per heavy atom. The number of rotatable bonds is 17. The fourth-order valence-electron chi connectivity index (χ4n) is 9.85. The van der Waals surface area contributed by atoms with Crippen molar-refractivity contribution in [3.8, 4) is 109 Å². The van der Waals surface area contributed by atoms with Gasteiger partial charge >= 0.3 is 6.09 Å². The summed E-state index contributed by atoms with van der Waals surface area (Å²) in [5, 5.41) is 40.5. The van der Waals surface area contributed by atoms with E-state index in [-0.39, 0.29) is 13.0 Å². The molecule has 0 aliphatic carbocycles. The number of hydrogen-bond acceptors (Lipinski definition) is 23. The van der Waals surface area contributed by atoms with Gasteiger partial charge in [0.1, 0.15) is 28.5 Å². The monoisotopic (exact) mass is 1300 g/mol.